The molecule has 0 radical (unpaired) electrons. The molecule has 31 heavy (non-hydrogen) atoms. The van der Waals surface area contributed by atoms with Gasteiger partial charge in [-0.1, -0.05) is 0 Å². The van der Waals surface area contributed by atoms with Crippen LogP contribution in [0.15, 0.2) is 17.9 Å². The summed E-state index contributed by atoms with van der Waals surface area (Å²) in [4.78, 5) is 39.4. The van der Waals surface area contributed by atoms with Gasteiger partial charge in [0.1, 0.15) is 6.61 Å². The molecule has 2 aromatic rings. The van der Waals surface area contributed by atoms with Crippen LogP contribution < -0.4 is 0 Å². The standard InChI is InChI=1S/C22H31N5O3S/c1-5-30-11-20(28)26-9-18(19-10-27(14-23-19)15(2)3)22(13-26)6-7-25(21(22)29)8-17-12-31-16(4)24-17/h10,12,14-15,18H,5-9,11,13H2,1-4H3/t18-,22+/m0/s1. The van der Waals surface area contributed by atoms with Crippen LogP contribution >= 0.6 is 11.3 Å². The van der Waals surface area contributed by atoms with E-state index >= 15 is 0 Å². The molecule has 9 heteroatoms. The number of hydrogen-bond donors (Lipinski definition) is 0. The highest BCUT2D eigenvalue weighted by Crippen LogP contribution is 2.50. The molecule has 0 bridgehead atoms. The van der Waals surface area contributed by atoms with Crippen molar-refractivity contribution >= 4 is 23.2 Å². The number of likely N-dealkylation sites (tertiary alicyclic amines) is 2. The summed E-state index contributed by atoms with van der Waals surface area (Å²) >= 11 is 1.60. The number of amides is 2. The molecule has 4 rings (SSSR count). The first-order valence-electron chi connectivity index (χ1n) is 10.9. The second-order valence-electron chi connectivity index (χ2n) is 8.79. The van der Waals surface area contributed by atoms with E-state index in [4.69, 9.17) is 4.74 Å². The molecule has 2 aliphatic heterocycles. The van der Waals surface area contributed by atoms with Gasteiger partial charge in [-0.3, -0.25) is 9.59 Å². The Balaban J connectivity index is 1.61. The average Bonchev–Trinajstić information content (AvgIpc) is 3.51. The third kappa shape index (κ3) is 4.13. The van der Waals surface area contributed by atoms with E-state index in [1.54, 1.807) is 16.2 Å². The Bertz CT molecular complexity index is 955. The Morgan fingerprint density at radius 1 is 1.42 bits per heavy atom. The van der Waals surface area contributed by atoms with Crippen molar-refractivity contribution in [3.8, 4) is 0 Å². The van der Waals surface area contributed by atoms with Crippen LogP contribution in [0.1, 0.15) is 55.5 Å². The summed E-state index contributed by atoms with van der Waals surface area (Å²) in [5.74, 6) is -0.0740. The fourth-order valence-corrected chi connectivity index (χ4v) is 5.33. The van der Waals surface area contributed by atoms with Gasteiger partial charge in [-0.15, -0.1) is 11.3 Å². The van der Waals surface area contributed by atoms with Crippen LogP contribution in [-0.4, -0.2) is 69.0 Å². The number of nitrogens with zero attached hydrogens (tertiary/aromatic N) is 5. The van der Waals surface area contributed by atoms with Gasteiger partial charge in [0.2, 0.25) is 11.8 Å². The monoisotopic (exact) mass is 445 g/mol. The summed E-state index contributed by atoms with van der Waals surface area (Å²) in [6.45, 7) is 10.7. The molecule has 0 aromatic carbocycles. The normalized spacial score (nSPS) is 23.6. The first-order valence-corrected chi connectivity index (χ1v) is 11.8. The van der Waals surface area contributed by atoms with Gasteiger partial charge in [0.05, 0.1) is 34.7 Å². The first kappa shape index (κ1) is 22.0. The van der Waals surface area contributed by atoms with Crippen molar-refractivity contribution in [1.29, 1.82) is 0 Å². The SMILES string of the molecule is CCOCC(=O)N1C[C@@H](c2cn(C(C)C)cn2)[C@@]2(CCN(Cc3csc(C)n3)C2=O)C1. The number of thiazole rings is 1. The number of aryl methyl sites for hydroxylation is 1. The highest BCUT2D eigenvalue weighted by Gasteiger charge is 2.58. The minimum atomic E-state index is -0.636. The van der Waals surface area contributed by atoms with Crippen LogP contribution in [0, 0.1) is 12.3 Å². The second kappa shape index (κ2) is 8.70. The Kier molecular flexibility index (Phi) is 6.16. The molecule has 2 fully saturated rings. The van der Waals surface area contributed by atoms with E-state index in [1.807, 2.05) is 36.7 Å². The minimum absolute atomic E-state index is 0.0513. The second-order valence-corrected chi connectivity index (χ2v) is 9.86. The number of ether oxygens (including phenoxy) is 1. The largest absolute Gasteiger partial charge is 0.372 e. The van der Waals surface area contributed by atoms with E-state index in [2.05, 4.69) is 28.4 Å². The molecular weight excluding hydrogens is 414 g/mol. The molecule has 2 aromatic heterocycles. The molecule has 0 unspecified atom stereocenters. The Labute approximate surface area is 187 Å². The van der Waals surface area contributed by atoms with Gasteiger partial charge in [-0.2, -0.15) is 0 Å². The molecule has 2 saturated heterocycles. The maximum Gasteiger partial charge on any atom is 0.248 e. The van der Waals surface area contributed by atoms with E-state index in [0.29, 0.717) is 39.2 Å². The van der Waals surface area contributed by atoms with Crippen molar-refractivity contribution in [3.05, 3.63) is 34.3 Å². The number of imidazole rings is 1. The predicted octanol–water partition coefficient (Wildman–Crippen LogP) is 2.61. The molecule has 168 valence electrons. The van der Waals surface area contributed by atoms with Crippen molar-refractivity contribution in [2.75, 3.05) is 32.8 Å². The molecular formula is C22H31N5O3S. The van der Waals surface area contributed by atoms with Gasteiger partial charge >= 0.3 is 0 Å². The molecule has 2 aliphatic rings. The van der Waals surface area contributed by atoms with E-state index in [-0.39, 0.29) is 30.4 Å². The number of hydrogen-bond acceptors (Lipinski definition) is 6. The predicted molar refractivity (Wildman–Crippen MR) is 118 cm³/mol. The summed E-state index contributed by atoms with van der Waals surface area (Å²) in [5.41, 5.74) is 1.18. The average molecular weight is 446 g/mol. The van der Waals surface area contributed by atoms with Crippen molar-refractivity contribution in [2.24, 2.45) is 5.41 Å². The summed E-state index contributed by atoms with van der Waals surface area (Å²) in [7, 11) is 0. The lowest BCUT2D eigenvalue weighted by Gasteiger charge is -2.27. The fraction of sp³-hybridized carbons (Fsp3) is 0.636. The van der Waals surface area contributed by atoms with Crippen molar-refractivity contribution < 1.29 is 14.3 Å². The molecule has 4 heterocycles. The number of carbonyl (C=O) groups is 2. The van der Waals surface area contributed by atoms with Gasteiger partial charge in [0, 0.05) is 49.8 Å². The molecule has 2 amide bonds. The summed E-state index contributed by atoms with van der Waals surface area (Å²) in [6, 6.07) is 0.290. The van der Waals surface area contributed by atoms with Gasteiger partial charge in [0.15, 0.2) is 0 Å². The smallest absolute Gasteiger partial charge is 0.248 e. The topological polar surface area (TPSA) is 80.6 Å². The van der Waals surface area contributed by atoms with Gasteiger partial charge in [-0.25, -0.2) is 9.97 Å². The Morgan fingerprint density at radius 3 is 2.87 bits per heavy atom. The highest BCUT2D eigenvalue weighted by atomic mass is 32.1. The van der Waals surface area contributed by atoms with Crippen molar-refractivity contribution in [1.82, 2.24) is 24.3 Å². The van der Waals surface area contributed by atoms with E-state index in [1.165, 1.54) is 0 Å². The van der Waals surface area contributed by atoms with Gasteiger partial charge < -0.3 is 19.1 Å². The third-order valence-corrected chi connectivity index (χ3v) is 7.28. The van der Waals surface area contributed by atoms with Crippen LogP contribution in [0.5, 0.6) is 0 Å². The quantitative estimate of drug-likeness (QED) is 0.654. The lowest BCUT2D eigenvalue weighted by molar-refractivity contribution is -0.138. The first-order chi connectivity index (χ1) is 14.8. The van der Waals surface area contributed by atoms with Crippen molar-refractivity contribution in [2.45, 2.75) is 52.6 Å². The van der Waals surface area contributed by atoms with Crippen LogP contribution in [-0.2, 0) is 20.9 Å². The number of rotatable bonds is 7. The zero-order valence-electron chi connectivity index (χ0n) is 18.7. The molecule has 0 saturated carbocycles. The molecule has 0 aliphatic carbocycles. The summed E-state index contributed by atoms with van der Waals surface area (Å²) in [5, 5.41) is 3.02. The minimum Gasteiger partial charge on any atom is -0.372 e. The summed E-state index contributed by atoms with van der Waals surface area (Å²) in [6.07, 6.45) is 4.58. The molecule has 8 nitrogen and oxygen atoms in total. The highest BCUT2D eigenvalue weighted by molar-refractivity contribution is 7.09. The van der Waals surface area contributed by atoms with Crippen LogP contribution in [0.4, 0.5) is 0 Å². The maximum atomic E-state index is 13.7. The fourth-order valence-electron chi connectivity index (χ4n) is 4.73. The Hall–Kier alpha value is -2.26. The van der Waals surface area contributed by atoms with E-state index in [9.17, 15) is 9.59 Å². The van der Waals surface area contributed by atoms with Crippen LogP contribution in [0.3, 0.4) is 0 Å². The van der Waals surface area contributed by atoms with E-state index in [0.717, 1.165) is 16.4 Å². The molecule has 0 N–H and O–H groups in total. The van der Waals surface area contributed by atoms with Crippen LogP contribution in [0.25, 0.3) is 0 Å². The maximum absolute atomic E-state index is 13.7. The third-order valence-electron chi connectivity index (χ3n) is 6.46. The van der Waals surface area contributed by atoms with Gasteiger partial charge in [-0.05, 0) is 34.1 Å². The zero-order valence-corrected chi connectivity index (χ0v) is 19.5. The zero-order chi connectivity index (χ0) is 22.2. The number of carbonyl (C=O) groups excluding carboxylic acids is 2. The van der Waals surface area contributed by atoms with E-state index < -0.39 is 5.41 Å². The molecule has 1 spiro atoms. The summed E-state index contributed by atoms with van der Waals surface area (Å²) < 4.78 is 7.41. The van der Waals surface area contributed by atoms with Crippen molar-refractivity contribution in [3.63, 3.8) is 0 Å². The lowest BCUT2D eigenvalue weighted by atomic mass is 9.75. The lowest BCUT2D eigenvalue weighted by Crippen LogP contribution is -2.40. The number of aromatic nitrogens is 3. The molecule has 2 atom stereocenters. The van der Waals surface area contributed by atoms with Gasteiger partial charge in [0.25, 0.3) is 0 Å². The van der Waals surface area contributed by atoms with Crippen LogP contribution in [0.2, 0.25) is 0 Å². The Morgan fingerprint density at radius 2 is 2.23 bits per heavy atom.